The van der Waals surface area contributed by atoms with Crippen molar-refractivity contribution in [3.05, 3.63) is 35.9 Å². The molecule has 3 rings (SSSR count). The highest BCUT2D eigenvalue weighted by atomic mass is 32.2. The predicted octanol–water partition coefficient (Wildman–Crippen LogP) is 2.02. The van der Waals surface area contributed by atoms with Gasteiger partial charge in [-0.2, -0.15) is 8.42 Å². The lowest BCUT2D eigenvalue weighted by Gasteiger charge is -2.37. The third-order valence-corrected chi connectivity index (χ3v) is 5.03. The predicted molar refractivity (Wildman–Crippen MR) is 77.7 cm³/mol. The second-order valence-electron chi connectivity index (χ2n) is 5.98. The molecule has 0 radical (unpaired) electrons. The van der Waals surface area contributed by atoms with Gasteiger partial charge in [0.15, 0.2) is 0 Å². The zero-order chi connectivity index (χ0) is 14.2. The van der Waals surface area contributed by atoms with Gasteiger partial charge >= 0.3 is 0 Å². The molecule has 1 heterocycles. The third-order valence-electron chi connectivity index (χ3n) is 4.43. The Labute approximate surface area is 120 Å². The summed E-state index contributed by atoms with van der Waals surface area (Å²) in [5.41, 5.74) is 1.27. The van der Waals surface area contributed by atoms with E-state index in [4.69, 9.17) is 4.18 Å². The van der Waals surface area contributed by atoms with Gasteiger partial charge in [-0.1, -0.05) is 30.3 Å². The zero-order valence-corrected chi connectivity index (χ0v) is 12.6. The summed E-state index contributed by atoms with van der Waals surface area (Å²) < 4.78 is 28.1. The van der Waals surface area contributed by atoms with E-state index in [2.05, 4.69) is 17.0 Å². The molecule has 0 unspecified atom stereocenters. The minimum Gasteiger partial charge on any atom is -0.293 e. The zero-order valence-electron chi connectivity index (χ0n) is 11.7. The lowest BCUT2D eigenvalue weighted by atomic mass is 9.96. The van der Waals surface area contributed by atoms with E-state index in [0.717, 1.165) is 38.6 Å². The van der Waals surface area contributed by atoms with Crippen LogP contribution in [0.25, 0.3) is 0 Å². The molecule has 20 heavy (non-hydrogen) atoms. The van der Waals surface area contributed by atoms with Gasteiger partial charge in [0.05, 0.1) is 12.4 Å². The lowest BCUT2D eigenvalue weighted by molar-refractivity contribution is 0.0385. The summed E-state index contributed by atoms with van der Waals surface area (Å²) in [6, 6.07) is 10.9. The first-order chi connectivity index (χ1) is 9.51. The summed E-state index contributed by atoms with van der Waals surface area (Å²) in [4.78, 5) is 2.38. The van der Waals surface area contributed by atoms with Crippen molar-refractivity contribution >= 4 is 10.1 Å². The fourth-order valence-electron chi connectivity index (χ4n) is 3.54. The molecule has 110 valence electrons. The molecular weight excluding hydrogens is 274 g/mol. The molecule has 2 aliphatic rings. The maximum absolute atomic E-state index is 11.4. The molecular formula is C15H21NO3S. The van der Waals surface area contributed by atoms with Gasteiger partial charge in [0, 0.05) is 19.1 Å². The number of rotatable bonds is 4. The molecule has 1 saturated heterocycles. The minimum atomic E-state index is -3.37. The molecule has 1 aromatic rings. The van der Waals surface area contributed by atoms with Crippen molar-refractivity contribution in [2.45, 2.75) is 38.0 Å². The average Bonchev–Trinajstić information content (AvgIpc) is 2.80. The van der Waals surface area contributed by atoms with Crippen LogP contribution >= 0.6 is 0 Å². The van der Waals surface area contributed by atoms with Gasteiger partial charge in [-0.25, -0.2) is 0 Å². The quantitative estimate of drug-likeness (QED) is 0.797. The molecule has 0 aromatic heterocycles. The van der Waals surface area contributed by atoms with Crippen LogP contribution in [0.5, 0.6) is 0 Å². The molecule has 0 amide bonds. The van der Waals surface area contributed by atoms with Gasteiger partial charge in [-0.3, -0.25) is 9.08 Å². The summed E-state index contributed by atoms with van der Waals surface area (Å²) in [6.45, 7) is 1.60. The van der Waals surface area contributed by atoms with Crippen LogP contribution in [0, 0.1) is 5.92 Å². The summed E-state index contributed by atoms with van der Waals surface area (Å²) in [7, 11) is -3.37. The SMILES string of the molecule is CS(=O)(=O)O[C@@H]1CN(Cc2ccccc2)[C@H]2CC[C@@H]1C2. The van der Waals surface area contributed by atoms with Gasteiger partial charge in [0.2, 0.25) is 0 Å². The number of hydrogen-bond acceptors (Lipinski definition) is 4. The molecule has 2 fully saturated rings. The Morgan fingerprint density at radius 3 is 2.70 bits per heavy atom. The topological polar surface area (TPSA) is 46.6 Å². The Kier molecular flexibility index (Phi) is 3.84. The fraction of sp³-hybridized carbons (Fsp3) is 0.600. The summed E-state index contributed by atoms with van der Waals surface area (Å²) in [5.74, 6) is 0.404. The van der Waals surface area contributed by atoms with Crippen molar-refractivity contribution in [2.24, 2.45) is 5.92 Å². The van der Waals surface area contributed by atoms with E-state index in [1.807, 2.05) is 18.2 Å². The minimum absolute atomic E-state index is 0.174. The Bertz CT molecular complexity index is 558. The molecule has 0 N–H and O–H groups in total. The van der Waals surface area contributed by atoms with Crippen LogP contribution in [-0.4, -0.2) is 38.3 Å². The maximum atomic E-state index is 11.4. The Morgan fingerprint density at radius 1 is 1.25 bits per heavy atom. The van der Waals surface area contributed by atoms with E-state index >= 15 is 0 Å². The Balaban J connectivity index is 1.72. The van der Waals surface area contributed by atoms with Crippen molar-refractivity contribution in [2.75, 3.05) is 12.8 Å². The van der Waals surface area contributed by atoms with Crippen LogP contribution in [0.15, 0.2) is 30.3 Å². The molecule has 1 aliphatic heterocycles. The Morgan fingerprint density at radius 2 is 2.00 bits per heavy atom. The van der Waals surface area contributed by atoms with Crippen LogP contribution in [-0.2, 0) is 20.8 Å². The smallest absolute Gasteiger partial charge is 0.264 e. The normalized spacial score (nSPS) is 30.6. The molecule has 5 heteroatoms. The summed E-state index contributed by atoms with van der Waals surface area (Å²) in [6.07, 6.45) is 4.27. The molecule has 1 saturated carbocycles. The van der Waals surface area contributed by atoms with Crippen molar-refractivity contribution in [3.63, 3.8) is 0 Å². The van der Waals surface area contributed by atoms with E-state index in [1.54, 1.807) is 0 Å². The van der Waals surface area contributed by atoms with Crippen molar-refractivity contribution < 1.29 is 12.6 Å². The van der Waals surface area contributed by atoms with E-state index in [9.17, 15) is 8.42 Å². The van der Waals surface area contributed by atoms with E-state index in [1.165, 1.54) is 5.56 Å². The van der Waals surface area contributed by atoms with Crippen LogP contribution < -0.4 is 0 Å². The number of likely N-dealkylation sites (tertiary alicyclic amines) is 1. The van der Waals surface area contributed by atoms with E-state index < -0.39 is 10.1 Å². The molecule has 4 nitrogen and oxygen atoms in total. The lowest BCUT2D eigenvalue weighted by Crippen LogP contribution is -2.46. The number of benzene rings is 1. The van der Waals surface area contributed by atoms with Crippen molar-refractivity contribution in [1.82, 2.24) is 4.90 Å². The molecule has 1 aromatic carbocycles. The summed E-state index contributed by atoms with van der Waals surface area (Å²) >= 11 is 0. The molecule has 3 atom stereocenters. The molecule has 2 bridgehead atoms. The van der Waals surface area contributed by atoms with Crippen molar-refractivity contribution in [3.8, 4) is 0 Å². The monoisotopic (exact) mass is 295 g/mol. The highest BCUT2D eigenvalue weighted by Gasteiger charge is 2.42. The van der Waals surface area contributed by atoms with Crippen LogP contribution in [0.4, 0.5) is 0 Å². The number of fused-ring (bicyclic) bond motifs is 2. The van der Waals surface area contributed by atoms with Crippen LogP contribution in [0.2, 0.25) is 0 Å². The first-order valence-corrected chi connectivity index (χ1v) is 8.99. The fourth-order valence-corrected chi connectivity index (χ4v) is 4.20. The molecule has 1 aliphatic carbocycles. The Hall–Kier alpha value is -0.910. The third kappa shape index (κ3) is 3.22. The maximum Gasteiger partial charge on any atom is 0.264 e. The first-order valence-electron chi connectivity index (χ1n) is 7.17. The molecule has 0 spiro atoms. The van der Waals surface area contributed by atoms with Gasteiger partial charge in [0.1, 0.15) is 0 Å². The second kappa shape index (κ2) is 5.47. The first kappa shape index (κ1) is 14.0. The van der Waals surface area contributed by atoms with Gasteiger partial charge in [-0.15, -0.1) is 0 Å². The highest BCUT2D eigenvalue weighted by Crippen LogP contribution is 2.39. The number of nitrogens with zero attached hydrogens (tertiary/aromatic N) is 1. The largest absolute Gasteiger partial charge is 0.293 e. The van der Waals surface area contributed by atoms with Gasteiger partial charge < -0.3 is 0 Å². The van der Waals surface area contributed by atoms with E-state index in [0.29, 0.717) is 12.0 Å². The van der Waals surface area contributed by atoms with Crippen LogP contribution in [0.3, 0.4) is 0 Å². The second-order valence-corrected chi connectivity index (χ2v) is 7.58. The standard InChI is InChI=1S/C15H21NO3S/c1-20(17,18)19-15-11-16(14-8-7-13(15)9-14)10-12-5-3-2-4-6-12/h2-6,13-15H,7-11H2,1H3/t13-,14+,15-/m1/s1. The van der Waals surface area contributed by atoms with Crippen LogP contribution in [0.1, 0.15) is 24.8 Å². The number of hydrogen-bond donors (Lipinski definition) is 0. The summed E-state index contributed by atoms with van der Waals surface area (Å²) in [5, 5.41) is 0. The average molecular weight is 295 g/mol. The highest BCUT2D eigenvalue weighted by molar-refractivity contribution is 7.86. The van der Waals surface area contributed by atoms with Gasteiger partial charge in [-0.05, 0) is 30.7 Å². The van der Waals surface area contributed by atoms with Crippen molar-refractivity contribution in [1.29, 1.82) is 0 Å². The number of piperidine rings is 1. The van der Waals surface area contributed by atoms with E-state index in [-0.39, 0.29) is 6.10 Å². The van der Waals surface area contributed by atoms with Gasteiger partial charge in [0.25, 0.3) is 10.1 Å².